The number of nitrogens with zero attached hydrogens (tertiary/aromatic N) is 6. The van der Waals surface area contributed by atoms with Crippen molar-refractivity contribution in [2.75, 3.05) is 26.4 Å². The lowest BCUT2D eigenvalue weighted by Crippen LogP contribution is -2.45. The van der Waals surface area contributed by atoms with Crippen molar-refractivity contribution in [2.24, 2.45) is 21.5 Å². The molecule has 8 rings (SSSR count). The number of nitrogens with one attached hydrogen (secondary N) is 2. The lowest BCUT2D eigenvalue weighted by Gasteiger charge is -2.34. The largest absolute Gasteiger partial charge is 0.490 e. The molecular weight excluding hydrogens is 2030 g/mol. The van der Waals surface area contributed by atoms with Gasteiger partial charge in [0.15, 0.2) is 24.9 Å². The molecule has 24 atom stereocenters. The number of aliphatic hydroxyl groups excluding tert-OH is 4. The van der Waals surface area contributed by atoms with Crippen LogP contribution in [0.15, 0.2) is 134 Å². The van der Waals surface area contributed by atoms with Crippen molar-refractivity contribution >= 4 is 164 Å². The van der Waals surface area contributed by atoms with Gasteiger partial charge in [-0.25, -0.2) is 64.8 Å². The number of ether oxygens (including phenoxy) is 4. The Hall–Kier alpha value is -3.04. The summed E-state index contributed by atoms with van der Waals surface area (Å²) in [5, 5.41) is 42.3. The summed E-state index contributed by atoms with van der Waals surface area (Å²) in [5.41, 5.74) is 3.82. The maximum atomic E-state index is 12.0. The van der Waals surface area contributed by atoms with Gasteiger partial charge in [-0.15, -0.1) is 59.6 Å². The molecule has 2 amide bonds. The summed E-state index contributed by atoms with van der Waals surface area (Å²) in [6.07, 6.45) is 1.78. The Balaban J connectivity index is 0.000000294. The van der Waals surface area contributed by atoms with Crippen molar-refractivity contribution in [2.45, 2.75) is 120 Å². The lowest BCUT2D eigenvalue weighted by molar-refractivity contribution is -0.135. The number of phosphoric ester groups is 4. The monoisotopic (exact) mass is 2110 g/mol. The molecule has 0 aromatic rings. The van der Waals surface area contributed by atoms with Crippen LogP contribution in [0.3, 0.4) is 0 Å². The second kappa shape index (κ2) is 42.0. The van der Waals surface area contributed by atoms with Gasteiger partial charge in [-0.2, -0.15) is 34.5 Å². The van der Waals surface area contributed by atoms with E-state index < -0.39 is 225 Å². The third-order valence-electron chi connectivity index (χ3n) is 16.1. The van der Waals surface area contributed by atoms with E-state index in [2.05, 4.69) is 113 Å². The summed E-state index contributed by atoms with van der Waals surface area (Å²) >= 11 is 24.9. The van der Waals surface area contributed by atoms with Crippen molar-refractivity contribution in [1.82, 2.24) is 30.2 Å². The number of carbonyl (C=O) groups is 2. The summed E-state index contributed by atoms with van der Waals surface area (Å²) in [6.45, 7) is 20.8. The maximum Gasteiger partial charge on any atom is 0.490 e. The number of nitrogens with two attached hydrogens (primary N) is 2. The molecule has 26 N–H and O–H groups in total. The van der Waals surface area contributed by atoms with Crippen LogP contribution >= 0.6 is 140 Å². The van der Waals surface area contributed by atoms with Gasteiger partial charge in [-0.1, -0.05) is 52.3 Å². The normalized spacial score (nSPS) is 33.0. The molecule has 0 aromatic carbocycles. The fraction of sp³-hybridized carbons (Fsp3) is 0.500. The molecule has 124 heavy (non-hydrogen) atoms. The summed E-state index contributed by atoms with van der Waals surface area (Å²) in [7, 11) is -66.9. The average Bonchev–Trinajstić information content (AvgIpc) is 1.62. The molecule has 708 valence electrons. The number of rotatable bonds is 36. The molecular formula is C48H78Cl4N10O50P12. The molecule has 60 nitrogen and oxygen atoms in total. The highest BCUT2D eigenvalue weighted by molar-refractivity contribution is 7.68. The number of halogens is 4. The van der Waals surface area contributed by atoms with Crippen LogP contribution in [0.25, 0.3) is 0 Å². The predicted octanol–water partition coefficient (Wildman–Crippen LogP) is 0.913. The Kier molecular flexibility index (Phi) is 37.8. The molecule has 0 saturated carbocycles. The van der Waals surface area contributed by atoms with Gasteiger partial charge in [0.1, 0.15) is 103 Å². The Morgan fingerprint density at radius 3 is 0.871 bits per heavy atom. The highest BCUT2D eigenvalue weighted by Crippen LogP contribution is 2.71. The van der Waals surface area contributed by atoms with Crippen LogP contribution in [0, 0.1) is 0 Å². The minimum atomic E-state index is -5.73. The van der Waals surface area contributed by atoms with E-state index in [9.17, 15) is 124 Å². The van der Waals surface area contributed by atoms with E-state index >= 15 is 0 Å². The number of alkyl halides is 4. The third kappa shape index (κ3) is 31.6. The third-order valence-corrected chi connectivity index (χ3v) is 33.1. The Morgan fingerprint density at radius 1 is 0.395 bits per heavy atom. The van der Waals surface area contributed by atoms with E-state index in [0.29, 0.717) is 0 Å². The smallest absolute Gasteiger partial charge is 0.388 e. The molecule has 0 radical (unpaired) electrons. The zero-order valence-electron chi connectivity index (χ0n) is 62.1. The van der Waals surface area contributed by atoms with Gasteiger partial charge in [0.25, 0.3) is 11.8 Å². The first-order chi connectivity index (χ1) is 56.0. The molecule has 8 heterocycles. The minimum Gasteiger partial charge on any atom is -0.388 e. The van der Waals surface area contributed by atoms with Gasteiger partial charge in [0, 0.05) is 37.0 Å². The van der Waals surface area contributed by atoms with Gasteiger partial charge < -0.3 is 159 Å². The quantitative estimate of drug-likeness (QED) is 0.0235. The first kappa shape index (κ1) is 111. The number of hydrogen-bond acceptors (Lipinski definition) is 42. The molecule has 8 aliphatic rings. The highest BCUT2D eigenvalue weighted by Gasteiger charge is 2.61. The number of amides is 2. The van der Waals surface area contributed by atoms with Crippen LogP contribution in [0.4, 0.5) is 0 Å². The number of phosphoric acid groups is 12. The average molecular weight is 2110 g/mol. The summed E-state index contributed by atoms with van der Waals surface area (Å²) < 4.78 is 206. The molecule has 0 spiro atoms. The number of hydrogen-bond donors (Lipinski definition) is 24. The van der Waals surface area contributed by atoms with Gasteiger partial charge >= 0.3 is 93.9 Å². The van der Waals surface area contributed by atoms with Crippen LogP contribution < -0.4 is 22.1 Å². The van der Waals surface area contributed by atoms with Crippen LogP contribution in [-0.4, -0.2) is 261 Å². The first-order valence-corrected chi connectivity index (χ1v) is 52.2. The number of aliphatic imine (C=N–C) groups is 2. The molecule has 0 aromatic heterocycles. The van der Waals surface area contributed by atoms with E-state index in [1.54, 1.807) is 0 Å². The highest BCUT2D eigenvalue weighted by atomic mass is 35.5. The number of aliphatic hydroxyl groups is 4. The van der Waals surface area contributed by atoms with Crippen LogP contribution in [-0.2, 0) is 136 Å². The zero-order valence-corrected chi connectivity index (χ0v) is 75.9. The van der Waals surface area contributed by atoms with Crippen molar-refractivity contribution in [3.05, 3.63) is 124 Å². The predicted molar refractivity (Wildman–Crippen MR) is 413 cm³/mol. The molecule has 76 heteroatoms. The summed E-state index contributed by atoms with van der Waals surface area (Å²) in [4.78, 5) is 179. The topological polar surface area (TPSA) is 905 Å². The fourth-order valence-corrected chi connectivity index (χ4v) is 24.5. The molecule has 4 saturated heterocycles. The van der Waals surface area contributed by atoms with E-state index in [1.807, 2.05) is 0 Å². The van der Waals surface area contributed by atoms with E-state index in [-0.39, 0.29) is 47.8 Å². The van der Waals surface area contributed by atoms with Gasteiger partial charge in [0.2, 0.25) is 0 Å². The zero-order chi connectivity index (χ0) is 95.3. The summed E-state index contributed by atoms with van der Waals surface area (Å²) in [6, 6.07) is 0. The van der Waals surface area contributed by atoms with Crippen molar-refractivity contribution < 1.29 is 235 Å². The molecule has 8 unspecified atom stereocenters. The standard InChI is InChI=1S/C12H21ClN3O12P3.C12H19ClN3O12P3.C12H20ClN2O13P3.C12H18ClN2O13P3/c2*1-3-12(6-25-30(21,22)28-31(23,24)27-29(18,19)20)10(17)9(13)11(26-12)16-5-4-8(14)15-7(16)2;2*1-3-12(6-25-30(21,22)28-31(23,24)27-29(18,19)20)10(17)9(13)11(26-12)15-5-4-8(16)14-7(15)2/h4-5,9-11,17H,2-3,6H2,1H3,(H2,14,15)(H,21,22)(H,23,24)(H2,18,19,20);3-5,9-11,17H,1-2,6H2,(H2,14,15)(H,21,22)(H,23,24)(H2,18,19,20);4-5,9-11,17H,2-3,6H2,1H3,(H,14,16)(H,21,22)(H,23,24)(H2,18,19,20);3-5,9-11,17H,1-2,6H2,(H,14,16)(H,21,22)(H,23,24)(H2,18,19,20)/t4*9-,10+,11-,12-/m1111/s1. The summed E-state index contributed by atoms with van der Waals surface area (Å²) in [5.74, 6) is -0.251. The van der Waals surface area contributed by atoms with Gasteiger partial charge in [0.05, 0.1) is 26.4 Å². The van der Waals surface area contributed by atoms with E-state index in [1.165, 1.54) is 70.4 Å². The first-order valence-electron chi connectivity index (χ1n) is 32.4. The second-order valence-corrected chi connectivity index (χ2v) is 44.6. The Bertz CT molecular complexity index is 4890. The molecule has 0 bridgehead atoms. The Morgan fingerprint density at radius 2 is 0.629 bits per heavy atom. The molecule has 8 aliphatic heterocycles. The lowest BCUT2D eigenvalue weighted by atomic mass is 9.94. The van der Waals surface area contributed by atoms with Gasteiger partial charge in [-0.05, 0) is 25.0 Å². The van der Waals surface area contributed by atoms with Crippen LogP contribution in [0.1, 0.15) is 26.7 Å². The molecule has 4 fully saturated rings. The Labute approximate surface area is 716 Å². The molecule has 0 aliphatic carbocycles. The van der Waals surface area contributed by atoms with Crippen molar-refractivity contribution in [3.8, 4) is 0 Å². The SMILES string of the molecule is C=C1N=C(N)C=CN1[C@@H]1O[C@](CC)(COP(=O)(O)OP(=O)(O)OP(=O)(O)O)[C@@H](O)[C@H]1Cl.C=C1NC(=O)C=CN1[C@@H]1O[C@](CC)(COP(=O)(O)OP(=O)(O)OP(=O)(O)O)[C@@H](O)[C@H]1Cl.C=C[C@]1(COP(=O)(O)OP(=O)(O)OP(=O)(O)O)O[C@@H](N2C=CC(=O)NC2=C)[C@H](Cl)[C@@H]1O.C=C[C@]1(COP(=O)(O)OP(=O)(O)OP(=O)(O)O)O[C@@H](N2C=CC(N)=NC2=C)[C@H](Cl)[C@@H]1O. The second-order valence-electron chi connectivity index (χ2n) is 24.9. The van der Waals surface area contributed by atoms with Gasteiger partial charge in [-0.3, -0.25) is 27.7 Å². The van der Waals surface area contributed by atoms with Crippen LogP contribution in [0.2, 0.25) is 0 Å². The minimum absolute atomic E-state index is 0.0148. The van der Waals surface area contributed by atoms with Crippen LogP contribution in [0.5, 0.6) is 0 Å². The van der Waals surface area contributed by atoms with Crippen molar-refractivity contribution in [1.29, 1.82) is 0 Å². The number of amidine groups is 2. The maximum absolute atomic E-state index is 12.0. The van der Waals surface area contributed by atoms with E-state index in [4.69, 9.17) is 116 Å². The fourth-order valence-electron chi connectivity index (χ4n) is 10.6. The van der Waals surface area contributed by atoms with E-state index in [0.717, 1.165) is 24.3 Å². The number of carbonyl (C=O) groups excluding carboxylic acids is 2. The van der Waals surface area contributed by atoms with Crippen molar-refractivity contribution in [3.63, 3.8) is 0 Å².